The molecule has 0 fully saturated rings. The Morgan fingerprint density at radius 1 is 1.22 bits per heavy atom. The van der Waals surface area contributed by atoms with E-state index in [1.165, 1.54) is 23.3 Å². The van der Waals surface area contributed by atoms with Crippen molar-refractivity contribution >= 4 is 39.1 Å². The first-order valence-corrected chi connectivity index (χ1v) is 10.8. The predicted octanol–water partition coefficient (Wildman–Crippen LogP) is 3.76. The lowest BCUT2D eigenvalue weighted by Crippen LogP contribution is -2.39. The third kappa shape index (κ3) is 4.19. The highest BCUT2D eigenvalue weighted by molar-refractivity contribution is 9.10. The average molecular weight is 449 g/mol. The molecule has 1 aliphatic carbocycles. The van der Waals surface area contributed by atoms with Crippen LogP contribution in [0.5, 0.6) is 5.75 Å². The van der Waals surface area contributed by atoms with Gasteiger partial charge in [0.05, 0.1) is 24.1 Å². The van der Waals surface area contributed by atoms with Crippen LogP contribution in [0.4, 0.5) is 0 Å². The summed E-state index contributed by atoms with van der Waals surface area (Å²) in [7, 11) is 0. The van der Waals surface area contributed by atoms with Crippen molar-refractivity contribution in [1.82, 2.24) is 10.6 Å². The van der Waals surface area contributed by atoms with Crippen molar-refractivity contribution in [3.8, 4) is 5.75 Å². The molecule has 1 unspecified atom stereocenters. The van der Waals surface area contributed by atoms with Gasteiger partial charge in [0.1, 0.15) is 5.75 Å². The number of fused-ring (bicyclic) bond motifs is 2. The Hall–Kier alpha value is -1.86. The topological polar surface area (TPSA) is 67.4 Å². The maximum atomic E-state index is 12.4. The number of aryl methyl sites for hydroxylation is 2. The third-order valence-electron chi connectivity index (χ3n) is 4.98. The Bertz CT molecular complexity index is 857. The number of carbonyl (C=O) groups is 2. The van der Waals surface area contributed by atoms with Crippen LogP contribution >= 0.6 is 27.3 Å². The number of halogens is 1. The minimum atomic E-state index is -0.192. The summed E-state index contributed by atoms with van der Waals surface area (Å²) in [4.78, 5) is 26.8. The van der Waals surface area contributed by atoms with E-state index < -0.39 is 0 Å². The standard InChI is InChI=1S/C20H21BrN2O3S/c21-13-5-6-16-14(10-13)15(7-8-26-16)23-19(24)11-22-20(25)18-9-12-3-1-2-4-17(12)27-18/h5-6,9-10,15H,1-4,7-8,11H2,(H,22,25)(H,23,24). The summed E-state index contributed by atoms with van der Waals surface area (Å²) in [6.07, 6.45) is 5.21. The van der Waals surface area contributed by atoms with Crippen LogP contribution < -0.4 is 15.4 Å². The fourth-order valence-corrected chi connectivity index (χ4v) is 5.16. The normalized spacial score (nSPS) is 18.0. The first kappa shape index (κ1) is 18.5. The van der Waals surface area contributed by atoms with Crippen molar-refractivity contribution in [1.29, 1.82) is 0 Å². The number of hydrogen-bond donors (Lipinski definition) is 2. The van der Waals surface area contributed by atoms with Crippen molar-refractivity contribution in [2.75, 3.05) is 13.2 Å². The lowest BCUT2D eigenvalue weighted by molar-refractivity contribution is -0.121. The Kier molecular flexibility index (Phi) is 5.50. The van der Waals surface area contributed by atoms with Gasteiger partial charge in [0, 0.05) is 21.3 Å². The summed E-state index contributed by atoms with van der Waals surface area (Å²) in [5.74, 6) is 0.435. The van der Waals surface area contributed by atoms with Crippen LogP contribution in [-0.2, 0) is 17.6 Å². The zero-order valence-corrected chi connectivity index (χ0v) is 17.2. The van der Waals surface area contributed by atoms with E-state index in [2.05, 4.69) is 26.6 Å². The summed E-state index contributed by atoms with van der Waals surface area (Å²) < 4.78 is 6.59. The first-order chi connectivity index (χ1) is 13.1. The van der Waals surface area contributed by atoms with Gasteiger partial charge in [-0.3, -0.25) is 9.59 Å². The van der Waals surface area contributed by atoms with Gasteiger partial charge in [-0.25, -0.2) is 0 Å². The lowest BCUT2D eigenvalue weighted by atomic mass is 9.99. The van der Waals surface area contributed by atoms with Crippen LogP contribution in [-0.4, -0.2) is 25.0 Å². The molecule has 7 heteroatoms. The fourth-order valence-electron chi connectivity index (χ4n) is 3.61. The zero-order chi connectivity index (χ0) is 18.8. The molecule has 2 amide bonds. The minimum absolute atomic E-state index is 0.0257. The van der Waals surface area contributed by atoms with E-state index in [1.54, 1.807) is 11.3 Å². The predicted molar refractivity (Wildman–Crippen MR) is 108 cm³/mol. The van der Waals surface area contributed by atoms with Crippen LogP contribution in [0.2, 0.25) is 0 Å². The number of benzene rings is 1. The summed E-state index contributed by atoms with van der Waals surface area (Å²) in [6, 6.07) is 7.67. The molecule has 0 spiro atoms. The highest BCUT2D eigenvalue weighted by Gasteiger charge is 2.24. The second kappa shape index (κ2) is 8.02. The number of rotatable bonds is 4. The van der Waals surface area contributed by atoms with Crippen LogP contribution in [0.25, 0.3) is 0 Å². The number of carbonyl (C=O) groups excluding carboxylic acids is 2. The zero-order valence-electron chi connectivity index (χ0n) is 14.8. The molecule has 0 bridgehead atoms. The fraction of sp³-hybridized carbons (Fsp3) is 0.400. The third-order valence-corrected chi connectivity index (χ3v) is 6.71. The molecule has 1 aromatic heterocycles. The number of hydrogen-bond acceptors (Lipinski definition) is 4. The van der Waals surface area contributed by atoms with Crippen LogP contribution in [0.1, 0.15) is 51.0 Å². The maximum absolute atomic E-state index is 12.4. The van der Waals surface area contributed by atoms with Gasteiger partial charge < -0.3 is 15.4 Å². The second-order valence-electron chi connectivity index (χ2n) is 6.89. The highest BCUT2D eigenvalue weighted by atomic mass is 79.9. The van der Waals surface area contributed by atoms with Crippen molar-refractivity contribution in [3.63, 3.8) is 0 Å². The van der Waals surface area contributed by atoms with E-state index in [0.717, 1.165) is 28.6 Å². The van der Waals surface area contributed by atoms with E-state index in [-0.39, 0.29) is 24.4 Å². The smallest absolute Gasteiger partial charge is 0.261 e. The molecule has 0 saturated carbocycles. The molecule has 2 N–H and O–H groups in total. The molecule has 1 aromatic carbocycles. The van der Waals surface area contributed by atoms with Gasteiger partial charge in [-0.15, -0.1) is 11.3 Å². The minimum Gasteiger partial charge on any atom is -0.493 e. The van der Waals surface area contributed by atoms with Crippen LogP contribution in [0.15, 0.2) is 28.7 Å². The molecule has 142 valence electrons. The van der Waals surface area contributed by atoms with Crippen LogP contribution in [0.3, 0.4) is 0 Å². The second-order valence-corrected chi connectivity index (χ2v) is 8.94. The van der Waals surface area contributed by atoms with Gasteiger partial charge in [0.25, 0.3) is 5.91 Å². The van der Waals surface area contributed by atoms with Gasteiger partial charge in [0.15, 0.2) is 0 Å². The number of thiophene rings is 1. The van der Waals surface area contributed by atoms with Gasteiger partial charge in [-0.2, -0.15) is 0 Å². The summed E-state index contributed by atoms with van der Waals surface area (Å²) in [6.45, 7) is 0.536. The first-order valence-electron chi connectivity index (χ1n) is 9.21. The Labute approximate surface area is 170 Å². The molecule has 4 rings (SSSR count). The summed E-state index contributed by atoms with van der Waals surface area (Å²) >= 11 is 5.02. The summed E-state index contributed by atoms with van der Waals surface area (Å²) in [5, 5.41) is 5.76. The van der Waals surface area contributed by atoms with E-state index in [4.69, 9.17) is 4.74 Å². The highest BCUT2D eigenvalue weighted by Crippen LogP contribution is 2.34. The molecular formula is C20H21BrN2O3S. The molecule has 0 radical (unpaired) electrons. The van der Waals surface area contributed by atoms with E-state index in [1.807, 2.05) is 24.3 Å². The van der Waals surface area contributed by atoms with Gasteiger partial charge >= 0.3 is 0 Å². The van der Waals surface area contributed by atoms with Crippen molar-refractivity contribution < 1.29 is 14.3 Å². The molecule has 5 nitrogen and oxygen atoms in total. The summed E-state index contributed by atoms with van der Waals surface area (Å²) in [5.41, 5.74) is 2.26. The van der Waals surface area contributed by atoms with Crippen molar-refractivity contribution in [2.24, 2.45) is 0 Å². The van der Waals surface area contributed by atoms with Crippen LogP contribution in [0, 0.1) is 0 Å². The van der Waals surface area contributed by atoms with E-state index in [0.29, 0.717) is 17.9 Å². The number of nitrogens with one attached hydrogen (secondary N) is 2. The monoisotopic (exact) mass is 448 g/mol. The molecule has 0 saturated heterocycles. The van der Waals surface area contributed by atoms with Gasteiger partial charge in [0.2, 0.25) is 5.91 Å². The van der Waals surface area contributed by atoms with E-state index in [9.17, 15) is 9.59 Å². The molecule has 1 aliphatic heterocycles. The Balaban J connectivity index is 1.34. The van der Waals surface area contributed by atoms with E-state index >= 15 is 0 Å². The molecule has 27 heavy (non-hydrogen) atoms. The largest absolute Gasteiger partial charge is 0.493 e. The molecule has 1 atom stereocenters. The quantitative estimate of drug-likeness (QED) is 0.747. The molecular weight excluding hydrogens is 428 g/mol. The van der Waals surface area contributed by atoms with Gasteiger partial charge in [-0.05, 0) is 55.5 Å². The number of amides is 2. The number of ether oxygens (including phenoxy) is 1. The molecule has 2 aliphatic rings. The average Bonchev–Trinajstić information content (AvgIpc) is 3.11. The Morgan fingerprint density at radius 2 is 2.07 bits per heavy atom. The van der Waals surface area contributed by atoms with Gasteiger partial charge in [-0.1, -0.05) is 15.9 Å². The lowest BCUT2D eigenvalue weighted by Gasteiger charge is -2.27. The Morgan fingerprint density at radius 3 is 2.93 bits per heavy atom. The molecule has 2 heterocycles. The van der Waals surface area contributed by atoms with Crippen molar-refractivity contribution in [3.05, 3.63) is 49.6 Å². The SMILES string of the molecule is O=C(CNC(=O)c1cc2c(s1)CCCC2)NC1CCOc2ccc(Br)cc21. The molecule has 2 aromatic rings. The maximum Gasteiger partial charge on any atom is 0.261 e. The van der Waals surface area contributed by atoms with Crippen molar-refractivity contribution in [2.45, 2.75) is 38.1 Å².